The number of nitrogens with one attached hydrogen (secondary N) is 2. The fourth-order valence-electron chi connectivity index (χ4n) is 3.29. The smallest absolute Gasteiger partial charge is 0.326 e. The van der Waals surface area contributed by atoms with E-state index in [-0.39, 0.29) is 10.8 Å². The number of hydrogen-bond donors (Lipinski definition) is 2. The summed E-state index contributed by atoms with van der Waals surface area (Å²) in [5, 5.41) is 5.96. The van der Waals surface area contributed by atoms with Gasteiger partial charge in [-0.05, 0) is 55.0 Å². The average molecular weight is 567 g/mol. The number of hydrogen-bond acceptors (Lipinski definition) is 5. The molecule has 200 valence electrons. The van der Waals surface area contributed by atoms with Gasteiger partial charge in [0.2, 0.25) is 5.91 Å². The van der Waals surface area contributed by atoms with Crippen LogP contribution in [0.1, 0.15) is 25.0 Å². The summed E-state index contributed by atoms with van der Waals surface area (Å²) in [7, 11) is -4.45. The van der Waals surface area contributed by atoms with E-state index in [4.69, 9.17) is 11.6 Å². The quantitative estimate of drug-likeness (QED) is 0.294. The van der Waals surface area contributed by atoms with Crippen molar-refractivity contribution in [2.45, 2.75) is 24.9 Å². The monoisotopic (exact) mass is 566 g/mol. The molecule has 3 aromatic rings. The van der Waals surface area contributed by atoms with E-state index in [9.17, 15) is 31.2 Å². The number of hydrazone groups is 1. The second-order valence-corrected chi connectivity index (χ2v) is 10.2. The van der Waals surface area contributed by atoms with Crippen molar-refractivity contribution in [3.63, 3.8) is 0 Å². The Labute approximate surface area is 222 Å². The van der Waals surface area contributed by atoms with Crippen molar-refractivity contribution >= 4 is 50.5 Å². The van der Waals surface area contributed by atoms with E-state index in [0.717, 1.165) is 12.1 Å². The van der Waals surface area contributed by atoms with Crippen molar-refractivity contribution < 1.29 is 31.2 Å². The van der Waals surface area contributed by atoms with Gasteiger partial charge >= 0.3 is 6.18 Å². The van der Waals surface area contributed by atoms with Crippen LogP contribution in [0.2, 0.25) is 5.02 Å². The Morgan fingerprint density at radius 2 is 1.61 bits per heavy atom. The van der Waals surface area contributed by atoms with E-state index in [1.54, 1.807) is 37.3 Å². The molecule has 0 bridgehead atoms. The van der Waals surface area contributed by atoms with Crippen LogP contribution in [0, 0.1) is 0 Å². The van der Waals surface area contributed by atoms with Crippen molar-refractivity contribution in [1.29, 1.82) is 0 Å². The largest absolute Gasteiger partial charge is 0.417 e. The van der Waals surface area contributed by atoms with Crippen LogP contribution in [-0.2, 0) is 25.8 Å². The first kappa shape index (κ1) is 28.7. The minimum atomic E-state index is -4.85. The van der Waals surface area contributed by atoms with Gasteiger partial charge in [-0.25, -0.2) is 13.8 Å². The molecule has 3 aromatic carbocycles. The Hall–Kier alpha value is -3.90. The summed E-state index contributed by atoms with van der Waals surface area (Å²) in [5.74, 6) is -1.14. The number of benzene rings is 3. The van der Waals surface area contributed by atoms with Gasteiger partial charge in [-0.15, -0.1) is 0 Å². The summed E-state index contributed by atoms with van der Waals surface area (Å²) in [4.78, 5) is 23.7. The summed E-state index contributed by atoms with van der Waals surface area (Å²) < 4.78 is 67.6. The third kappa shape index (κ3) is 7.11. The maximum Gasteiger partial charge on any atom is 0.417 e. The van der Waals surface area contributed by atoms with Gasteiger partial charge in [0.25, 0.3) is 15.9 Å². The summed E-state index contributed by atoms with van der Waals surface area (Å²) in [6.07, 6.45) is -4.85. The molecule has 0 aliphatic rings. The molecule has 0 fully saturated rings. The number of sulfonamides is 1. The zero-order valence-electron chi connectivity index (χ0n) is 20.1. The third-order valence-electron chi connectivity index (χ3n) is 5.13. The molecule has 3 rings (SSSR count). The Kier molecular flexibility index (Phi) is 8.79. The normalized spacial score (nSPS) is 12.1. The number of halogens is 4. The fraction of sp³-hybridized carbons (Fsp3) is 0.160. The predicted molar refractivity (Wildman–Crippen MR) is 139 cm³/mol. The van der Waals surface area contributed by atoms with Gasteiger partial charge in [-0.2, -0.15) is 18.3 Å². The Bertz CT molecular complexity index is 1460. The van der Waals surface area contributed by atoms with E-state index >= 15 is 0 Å². The van der Waals surface area contributed by atoms with Crippen molar-refractivity contribution in [3.8, 4) is 0 Å². The molecule has 2 amide bonds. The second kappa shape index (κ2) is 11.7. The van der Waals surface area contributed by atoms with E-state index < -0.39 is 44.9 Å². The maximum absolute atomic E-state index is 13.5. The SMILES string of the molecule is CC(=O)Nc1ccc(/C(C)=N/NC(=O)CN(c2ccc(Cl)c(C(F)(F)F)c2)S(=O)(=O)c2ccccc2)cc1. The molecule has 0 saturated carbocycles. The van der Waals surface area contributed by atoms with Gasteiger partial charge in [0.15, 0.2) is 0 Å². The number of amides is 2. The maximum atomic E-state index is 13.5. The lowest BCUT2D eigenvalue weighted by atomic mass is 10.1. The first-order chi connectivity index (χ1) is 17.8. The van der Waals surface area contributed by atoms with E-state index in [2.05, 4.69) is 15.8 Å². The number of anilines is 2. The number of nitrogens with zero attached hydrogens (tertiary/aromatic N) is 2. The fourth-order valence-corrected chi connectivity index (χ4v) is 4.95. The van der Waals surface area contributed by atoms with Crippen LogP contribution in [0.25, 0.3) is 0 Å². The molecule has 8 nitrogen and oxygen atoms in total. The van der Waals surface area contributed by atoms with Crippen LogP contribution >= 0.6 is 11.6 Å². The van der Waals surface area contributed by atoms with Gasteiger partial charge in [0.1, 0.15) is 6.54 Å². The molecular formula is C25H22ClF3N4O4S. The van der Waals surface area contributed by atoms with Gasteiger partial charge in [0.05, 0.1) is 26.9 Å². The molecule has 13 heteroatoms. The minimum Gasteiger partial charge on any atom is -0.326 e. The summed E-state index contributed by atoms with van der Waals surface area (Å²) >= 11 is 5.69. The van der Waals surface area contributed by atoms with Gasteiger partial charge in [-0.1, -0.05) is 41.9 Å². The molecule has 0 spiro atoms. The van der Waals surface area contributed by atoms with E-state index in [1.165, 1.54) is 31.2 Å². The lowest BCUT2D eigenvalue weighted by Gasteiger charge is -2.25. The van der Waals surface area contributed by atoms with Gasteiger partial charge in [-0.3, -0.25) is 13.9 Å². The average Bonchev–Trinajstić information content (AvgIpc) is 2.86. The highest BCUT2D eigenvalue weighted by atomic mass is 35.5. The van der Waals surface area contributed by atoms with E-state index in [0.29, 0.717) is 27.3 Å². The van der Waals surface area contributed by atoms with Gasteiger partial charge in [0, 0.05) is 12.6 Å². The van der Waals surface area contributed by atoms with Crippen LogP contribution in [-0.4, -0.2) is 32.5 Å². The number of rotatable bonds is 8. The lowest BCUT2D eigenvalue weighted by Crippen LogP contribution is -2.40. The van der Waals surface area contributed by atoms with Crippen LogP contribution in [0.5, 0.6) is 0 Å². The molecule has 0 aromatic heterocycles. The minimum absolute atomic E-state index is 0.227. The molecule has 0 unspecified atom stereocenters. The lowest BCUT2D eigenvalue weighted by molar-refractivity contribution is -0.137. The first-order valence-corrected chi connectivity index (χ1v) is 12.8. The Morgan fingerprint density at radius 3 is 2.18 bits per heavy atom. The van der Waals surface area contributed by atoms with Crippen molar-refractivity contribution in [1.82, 2.24) is 5.43 Å². The molecule has 2 N–H and O–H groups in total. The Morgan fingerprint density at radius 1 is 0.974 bits per heavy atom. The van der Waals surface area contributed by atoms with Crippen LogP contribution in [0.4, 0.5) is 24.5 Å². The van der Waals surface area contributed by atoms with Crippen LogP contribution < -0.4 is 15.0 Å². The summed E-state index contributed by atoms with van der Waals surface area (Å²) in [6.45, 7) is 2.08. The molecule has 38 heavy (non-hydrogen) atoms. The first-order valence-electron chi connectivity index (χ1n) is 10.9. The highest BCUT2D eigenvalue weighted by Gasteiger charge is 2.35. The van der Waals surface area contributed by atoms with Crippen molar-refractivity contribution in [2.75, 3.05) is 16.2 Å². The topological polar surface area (TPSA) is 108 Å². The molecule has 0 aliphatic carbocycles. The molecule has 0 atom stereocenters. The summed E-state index contributed by atoms with van der Waals surface area (Å²) in [5.41, 5.74) is 2.09. The molecule has 0 saturated heterocycles. The van der Waals surface area contributed by atoms with Gasteiger partial charge < -0.3 is 5.32 Å². The molecule has 0 aliphatic heterocycles. The molecule has 0 radical (unpaired) electrons. The standard InChI is InChI=1S/C25H22ClF3N4O4S/c1-16(18-8-10-19(11-9-18)30-17(2)34)31-32-24(35)15-33(38(36,37)21-6-4-3-5-7-21)20-12-13-23(26)22(14-20)25(27,28)29/h3-14H,15H2,1-2H3,(H,30,34)(H,32,35)/b31-16+. The zero-order valence-corrected chi connectivity index (χ0v) is 21.7. The number of alkyl halides is 3. The van der Waals surface area contributed by atoms with E-state index in [1.807, 2.05) is 0 Å². The molecule has 0 heterocycles. The highest BCUT2D eigenvalue weighted by molar-refractivity contribution is 7.92. The predicted octanol–water partition coefficient (Wildman–Crippen LogP) is 5.05. The zero-order chi connectivity index (χ0) is 28.1. The number of carbonyl (C=O) groups is 2. The Balaban J connectivity index is 1.90. The van der Waals surface area contributed by atoms with Crippen molar-refractivity contribution in [2.24, 2.45) is 5.10 Å². The van der Waals surface area contributed by atoms with Crippen LogP contribution in [0.15, 0.2) is 82.8 Å². The highest BCUT2D eigenvalue weighted by Crippen LogP contribution is 2.38. The summed E-state index contributed by atoms with van der Waals surface area (Å²) in [6, 6.07) is 16.1. The van der Waals surface area contributed by atoms with Crippen molar-refractivity contribution in [3.05, 3.63) is 88.9 Å². The molecular weight excluding hydrogens is 545 g/mol. The third-order valence-corrected chi connectivity index (χ3v) is 7.25. The number of carbonyl (C=O) groups excluding carboxylic acids is 2. The second-order valence-electron chi connectivity index (χ2n) is 7.98. The van der Waals surface area contributed by atoms with Crippen LogP contribution in [0.3, 0.4) is 0 Å².